The zero-order valence-corrected chi connectivity index (χ0v) is 18.1. The number of likely N-dealkylation sites (tertiary alicyclic amines) is 1. The molecule has 2 atom stereocenters. The molecule has 0 saturated carbocycles. The van der Waals surface area contributed by atoms with Crippen molar-refractivity contribution in [3.05, 3.63) is 0 Å². The predicted molar refractivity (Wildman–Crippen MR) is 97.4 cm³/mol. The summed E-state index contributed by atoms with van der Waals surface area (Å²) in [5.74, 6) is -1.16. The highest BCUT2D eigenvalue weighted by Crippen LogP contribution is 2.39. The molecule has 7 nitrogen and oxygen atoms in total. The normalized spacial score (nSPS) is 25.6. The molecule has 25 heavy (non-hydrogen) atoms. The second kappa shape index (κ2) is 6.89. The van der Waals surface area contributed by atoms with Crippen molar-refractivity contribution in [3.63, 3.8) is 0 Å². The Kier molecular flexibility index (Phi) is 6.04. The maximum absolute atomic E-state index is 12.4. The number of β-amino-alcohol motifs (C(OH)–C–C–N with tert-alkyl or cyclic N) is 1. The van der Waals surface area contributed by atoms with E-state index in [1.54, 1.807) is 34.6 Å². The van der Waals surface area contributed by atoms with E-state index < -0.39 is 44.7 Å². The number of hydrogen-bond donors (Lipinski definition) is 2. The Morgan fingerprint density at radius 2 is 1.64 bits per heavy atom. The molecule has 0 radical (unpaired) electrons. The summed E-state index contributed by atoms with van der Waals surface area (Å²) >= 11 is 0. The van der Waals surface area contributed by atoms with E-state index in [4.69, 9.17) is 9.16 Å². The topological polar surface area (TPSA) is 96.3 Å². The van der Waals surface area contributed by atoms with E-state index in [1.165, 1.54) is 0 Å². The summed E-state index contributed by atoms with van der Waals surface area (Å²) in [4.78, 5) is 25.1. The zero-order valence-electron chi connectivity index (χ0n) is 16.7. The van der Waals surface area contributed by atoms with Crippen molar-refractivity contribution in [2.75, 3.05) is 6.54 Å². The fraction of sp³-hybridized carbons (Fsp3) is 0.882. The number of aliphatic carboxylic acids is 1. The van der Waals surface area contributed by atoms with Gasteiger partial charge in [0.05, 0.1) is 12.1 Å². The highest BCUT2D eigenvalue weighted by Gasteiger charge is 2.56. The number of rotatable bonds is 4. The Morgan fingerprint density at radius 3 is 2.04 bits per heavy atom. The summed E-state index contributed by atoms with van der Waals surface area (Å²) in [6.07, 6.45) is -0.827. The molecule has 1 saturated heterocycles. The molecule has 8 heteroatoms. The van der Waals surface area contributed by atoms with Gasteiger partial charge in [-0.3, -0.25) is 4.90 Å². The van der Waals surface area contributed by atoms with Crippen molar-refractivity contribution in [2.24, 2.45) is 0 Å². The molecule has 1 aliphatic heterocycles. The molecule has 0 aromatic heterocycles. The summed E-state index contributed by atoms with van der Waals surface area (Å²) in [7, 11) is -0.968. The van der Waals surface area contributed by atoms with Crippen LogP contribution in [0.4, 0.5) is 4.79 Å². The van der Waals surface area contributed by atoms with Crippen LogP contribution in [-0.4, -0.2) is 66.3 Å². The number of carboxylic acids is 1. The predicted octanol–water partition coefficient (Wildman–Crippen LogP) is 1.91. The maximum atomic E-state index is 12.4. The van der Waals surface area contributed by atoms with Gasteiger partial charge in [0.1, 0.15) is 17.2 Å². The first-order valence-corrected chi connectivity index (χ1v) is 9.85. The van der Waals surface area contributed by atoms with Gasteiger partial charge in [0.25, 0.3) is 0 Å². The largest absolute Gasteiger partial charge is 0.480 e. The Labute approximate surface area is 152 Å². The van der Waals surface area contributed by atoms with Crippen LogP contribution < -0.4 is 0 Å². The molecular weight excluding hydrogens is 342 g/mol. The van der Waals surface area contributed by atoms with Gasteiger partial charge in [0.15, 0.2) is 9.76 Å². The van der Waals surface area contributed by atoms with Crippen LogP contribution in [0, 0.1) is 0 Å². The lowest BCUT2D eigenvalue weighted by atomic mass is 9.84. The molecule has 0 aliphatic carbocycles. The number of nitrogens with zero attached hydrogens (tertiary/aromatic N) is 1. The van der Waals surface area contributed by atoms with Gasteiger partial charge in [-0.15, -0.1) is 0 Å². The van der Waals surface area contributed by atoms with Gasteiger partial charge in [-0.05, 0) is 39.7 Å². The lowest BCUT2D eigenvalue weighted by molar-refractivity contribution is -0.142. The molecule has 146 valence electrons. The lowest BCUT2D eigenvalue weighted by Crippen LogP contribution is -2.55. The molecule has 0 bridgehead atoms. The Morgan fingerprint density at radius 1 is 1.12 bits per heavy atom. The van der Waals surface area contributed by atoms with Gasteiger partial charge >= 0.3 is 12.1 Å². The van der Waals surface area contributed by atoms with Crippen molar-refractivity contribution in [3.8, 4) is 0 Å². The quantitative estimate of drug-likeness (QED) is 0.729. The summed E-state index contributed by atoms with van der Waals surface area (Å²) in [5, 5.41) is 20.7. The molecule has 1 heterocycles. The van der Waals surface area contributed by atoms with E-state index in [2.05, 4.69) is 20.8 Å². The van der Waals surface area contributed by atoms with E-state index in [9.17, 15) is 19.8 Å². The smallest absolute Gasteiger partial charge is 0.411 e. The van der Waals surface area contributed by atoms with E-state index >= 15 is 0 Å². The number of carboxylic acid groups (broad SMARTS) is 1. The van der Waals surface area contributed by atoms with E-state index in [1.807, 2.05) is 0 Å². The third kappa shape index (κ3) is 5.69. The van der Waals surface area contributed by atoms with Crippen LogP contribution in [0.3, 0.4) is 0 Å². The van der Waals surface area contributed by atoms with E-state index in [-0.39, 0.29) is 18.0 Å². The standard InChI is InChI=1S/C17H33NO6Si/c1-14(2,3)23-13(21)18-10-17(22,9-11(18)12(19)20)16(7,8)24-25-15(4,5)6/h11,22H,9-10,25H2,1-8H3,(H,19,20)/t11-,17-/m0/s1. The fourth-order valence-corrected chi connectivity index (χ4v) is 3.65. The van der Waals surface area contributed by atoms with Crippen molar-refractivity contribution in [1.29, 1.82) is 0 Å². The highest BCUT2D eigenvalue weighted by molar-refractivity contribution is 6.31. The highest BCUT2D eigenvalue weighted by atomic mass is 28.2. The number of carbonyl (C=O) groups is 2. The Balaban J connectivity index is 3.02. The fourth-order valence-electron chi connectivity index (χ4n) is 2.59. The van der Waals surface area contributed by atoms with Crippen LogP contribution in [0.1, 0.15) is 61.8 Å². The van der Waals surface area contributed by atoms with Crippen molar-refractivity contribution < 1.29 is 29.0 Å². The first-order valence-electron chi connectivity index (χ1n) is 8.56. The van der Waals surface area contributed by atoms with Crippen molar-refractivity contribution in [1.82, 2.24) is 4.90 Å². The number of hydrogen-bond acceptors (Lipinski definition) is 5. The average Bonchev–Trinajstić information content (AvgIpc) is 2.74. The summed E-state index contributed by atoms with van der Waals surface area (Å²) in [6, 6.07) is -1.14. The molecule has 1 aliphatic rings. The van der Waals surface area contributed by atoms with Crippen molar-refractivity contribution >= 4 is 21.8 Å². The number of ether oxygens (including phenoxy) is 1. The zero-order chi connectivity index (χ0) is 19.8. The second-order valence-corrected chi connectivity index (χ2v) is 12.3. The van der Waals surface area contributed by atoms with E-state index in [0.717, 1.165) is 4.90 Å². The molecule has 0 aromatic carbocycles. The van der Waals surface area contributed by atoms with Crippen LogP contribution in [0.25, 0.3) is 0 Å². The molecule has 0 unspecified atom stereocenters. The second-order valence-electron chi connectivity index (χ2n) is 9.56. The van der Waals surface area contributed by atoms with Gasteiger partial charge in [0, 0.05) is 6.42 Å². The van der Waals surface area contributed by atoms with Crippen LogP contribution in [0.2, 0.25) is 5.04 Å². The monoisotopic (exact) mass is 375 g/mol. The maximum Gasteiger partial charge on any atom is 0.411 e. The number of aliphatic hydroxyl groups is 1. The third-order valence-corrected chi connectivity index (χ3v) is 5.97. The van der Waals surface area contributed by atoms with Crippen LogP contribution in [0.15, 0.2) is 0 Å². The van der Waals surface area contributed by atoms with Gasteiger partial charge < -0.3 is 19.4 Å². The van der Waals surface area contributed by atoms with E-state index in [0.29, 0.717) is 0 Å². The Hall–Kier alpha value is -1.12. The molecule has 2 N–H and O–H groups in total. The summed E-state index contributed by atoms with van der Waals surface area (Å²) < 4.78 is 11.4. The molecule has 0 spiro atoms. The minimum Gasteiger partial charge on any atom is -0.480 e. The van der Waals surface area contributed by atoms with Gasteiger partial charge in [-0.2, -0.15) is 0 Å². The summed E-state index contributed by atoms with van der Waals surface area (Å²) in [5.41, 5.74) is -3.16. The average molecular weight is 376 g/mol. The number of carbonyl (C=O) groups excluding carboxylic acids is 1. The first kappa shape index (κ1) is 21.9. The molecular formula is C17H33NO6Si. The van der Waals surface area contributed by atoms with Crippen LogP contribution >= 0.6 is 0 Å². The molecule has 1 fully saturated rings. The molecule has 1 rings (SSSR count). The molecule has 1 amide bonds. The summed E-state index contributed by atoms with van der Waals surface area (Å²) in [6.45, 7) is 14.7. The van der Waals surface area contributed by atoms with Gasteiger partial charge in [-0.25, -0.2) is 9.59 Å². The first-order chi connectivity index (χ1) is 11.0. The van der Waals surface area contributed by atoms with Crippen LogP contribution in [0.5, 0.6) is 0 Å². The third-order valence-electron chi connectivity index (χ3n) is 4.24. The SMILES string of the molecule is CC(C)(C)OC(=O)N1C[C@](O)(C(C)(C)O[SiH2]C(C)(C)C)C[C@H]1C(=O)O. The Bertz CT molecular complexity index is 522. The van der Waals surface area contributed by atoms with Gasteiger partial charge in [0.2, 0.25) is 0 Å². The number of amides is 1. The lowest BCUT2D eigenvalue weighted by Gasteiger charge is -2.41. The van der Waals surface area contributed by atoms with Gasteiger partial charge in [-0.1, -0.05) is 20.8 Å². The minimum absolute atomic E-state index is 0.0310. The molecule has 0 aromatic rings. The van der Waals surface area contributed by atoms with Crippen LogP contribution in [-0.2, 0) is 14.0 Å². The minimum atomic E-state index is -1.45. The van der Waals surface area contributed by atoms with Crippen molar-refractivity contribution in [2.45, 2.75) is 89.7 Å².